The molecule has 1 aliphatic carbocycles. The normalized spacial score (nSPS) is 15.1. The van der Waals surface area contributed by atoms with Gasteiger partial charge >= 0.3 is 5.97 Å². The molecule has 1 aliphatic rings. The fourth-order valence-corrected chi connectivity index (χ4v) is 4.75. The van der Waals surface area contributed by atoms with Gasteiger partial charge in [0.2, 0.25) is 0 Å². The van der Waals surface area contributed by atoms with E-state index in [1.165, 1.54) is 11.6 Å². The topological polar surface area (TPSA) is 44.8 Å². The Hall–Kier alpha value is -3.60. The Morgan fingerprint density at radius 3 is 2.50 bits per heavy atom. The first-order valence-electron chi connectivity index (χ1n) is 12.4. The highest BCUT2D eigenvalue weighted by Gasteiger charge is 2.25. The Balaban J connectivity index is 1.49. The molecule has 0 N–H and O–H groups in total. The minimum absolute atomic E-state index is 0.0364. The lowest BCUT2D eigenvalue weighted by Gasteiger charge is -2.17. The van der Waals surface area contributed by atoms with Gasteiger partial charge in [-0.1, -0.05) is 42.0 Å². The van der Waals surface area contributed by atoms with Crippen molar-refractivity contribution in [2.24, 2.45) is 0 Å². The van der Waals surface area contributed by atoms with E-state index < -0.39 is 0 Å². The van der Waals surface area contributed by atoms with Crippen LogP contribution in [0.1, 0.15) is 62.3 Å². The lowest BCUT2D eigenvalue weighted by Crippen LogP contribution is -2.09. The van der Waals surface area contributed by atoms with Crippen LogP contribution in [-0.2, 0) is 16.0 Å². The quantitative estimate of drug-likeness (QED) is 0.230. The van der Waals surface area contributed by atoms with E-state index in [0.717, 1.165) is 40.9 Å². The fraction of sp³-hybridized carbons (Fsp3) is 0.323. The van der Waals surface area contributed by atoms with E-state index in [1.807, 2.05) is 57.2 Å². The summed E-state index contributed by atoms with van der Waals surface area (Å²) in [5.74, 6) is 0.912. The maximum Gasteiger partial charge on any atom is 0.306 e. The minimum atomic E-state index is -0.268. The third-order valence-corrected chi connectivity index (χ3v) is 6.46. The Bertz CT molecular complexity index is 1240. The maximum atomic E-state index is 14.5. The van der Waals surface area contributed by atoms with Gasteiger partial charge in [0.15, 0.2) is 0 Å². The van der Waals surface area contributed by atoms with Crippen LogP contribution in [0.3, 0.4) is 0 Å². The molecule has 188 valence electrons. The monoisotopic (exact) mass is 488 g/mol. The predicted molar refractivity (Wildman–Crippen MR) is 140 cm³/mol. The number of ether oxygens (including phenoxy) is 3. The summed E-state index contributed by atoms with van der Waals surface area (Å²) >= 11 is 0. The molecular weight excluding hydrogens is 455 g/mol. The van der Waals surface area contributed by atoms with E-state index in [1.54, 1.807) is 19.2 Å². The molecule has 3 aromatic rings. The Morgan fingerprint density at radius 2 is 1.81 bits per heavy atom. The number of fused-ring (bicyclic) bond motifs is 1. The van der Waals surface area contributed by atoms with Crippen LogP contribution in [0.4, 0.5) is 4.39 Å². The summed E-state index contributed by atoms with van der Waals surface area (Å²) in [6, 6.07) is 18.8. The summed E-state index contributed by atoms with van der Waals surface area (Å²) in [4.78, 5) is 12.1. The third kappa shape index (κ3) is 5.96. The number of methoxy groups -OCH3 is 1. The second-order valence-corrected chi connectivity index (χ2v) is 9.33. The van der Waals surface area contributed by atoms with Crippen LogP contribution >= 0.6 is 0 Å². The third-order valence-electron chi connectivity index (χ3n) is 6.46. The van der Waals surface area contributed by atoms with Crippen molar-refractivity contribution in [2.45, 2.75) is 52.1 Å². The molecule has 0 aliphatic heterocycles. The molecule has 0 amide bonds. The first-order valence-corrected chi connectivity index (χ1v) is 12.4. The van der Waals surface area contributed by atoms with Gasteiger partial charge in [-0.05, 0) is 86.2 Å². The van der Waals surface area contributed by atoms with E-state index in [9.17, 15) is 9.18 Å². The van der Waals surface area contributed by atoms with E-state index >= 15 is 0 Å². The number of aryl methyl sites for hydroxylation is 1. The van der Waals surface area contributed by atoms with Crippen molar-refractivity contribution in [3.63, 3.8) is 0 Å². The van der Waals surface area contributed by atoms with Gasteiger partial charge in [-0.15, -0.1) is 0 Å². The van der Waals surface area contributed by atoms with Crippen LogP contribution in [0, 0.1) is 5.82 Å². The Morgan fingerprint density at radius 1 is 1.06 bits per heavy atom. The number of esters is 1. The number of allylic oxidation sites excluding steroid dienone is 2. The van der Waals surface area contributed by atoms with Crippen LogP contribution in [-0.4, -0.2) is 19.7 Å². The smallest absolute Gasteiger partial charge is 0.306 e. The van der Waals surface area contributed by atoms with Crippen molar-refractivity contribution in [3.8, 4) is 22.6 Å². The van der Waals surface area contributed by atoms with E-state index in [-0.39, 0.29) is 23.8 Å². The molecule has 0 aromatic heterocycles. The average molecular weight is 489 g/mol. The molecule has 0 radical (unpaired) electrons. The summed E-state index contributed by atoms with van der Waals surface area (Å²) in [7, 11) is 1.58. The van der Waals surface area contributed by atoms with Crippen LogP contribution in [0.25, 0.3) is 11.1 Å². The molecule has 0 bridgehead atoms. The zero-order valence-corrected chi connectivity index (χ0v) is 21.3. The number of hydrogen-bond acceptors (Lipinski definition) is 4. The van der Waals surface area contributed by atoms with Gasteiger partial charge in [-0.2, -0.15) is 0 Å². The van der Waals surface area contributed by atoms with Gasteiger partial charge in [0, 0.05) is 11.5 Å². The summed E-state index contributed by atoms with van der Waals surface area (Å²) < 4.78 is 31.2. The van der Waals surface area contributed by atoms with Crippen LogP contribution < -0.4 is 9.47 Å². The highest BCUT2D eigenvalue weighted by molar-refractivity contribution is 5.71. The number of rotatable bonds is 9. The van der Waals surface area contributed by atoms with Crippen molar-refractivity contribution in [1.82, 2.24) is 0 Å². The van der Waals surface area contributed by atoms with Gasteiger partial charge in [-0.25, -0.2) is 4.39 Å². The molecule has 0 saturated carbocycles. The molecule has 4 rings (SSSR count). The molecular formula is C31H33FO4. The van der Waals surface area contributed by atoms with Gasteiger partial charge in [0.25, 0.3) is 0 Å². The molecule has 1 unspecified atom stereocenters. The molecule has 4 nitrogen and oxygen atoms in total. The highest BCUT2D eigenvalue weighted by atomic mass is 19.1. The minimum Gasteiger partial charge on any atom is -0.497 e. The zero-order valence-electron chi connectivity index (χ0n) is 21.3. The molecule has 2 atom stereocenters. The second kappa shape index (κ2) is 11.4. The maximum absolute atomic E-state index is 14.5. The molecule has 0 spiro atoms. The number of halogens is 1. The van der Waals surface area contributed by atoms with Gasteiger partial charge in [0.05, 0.1) is 20.1 Å². The summed E-state index contributed by atoms with van der Waals surface area (Å²) in [5, 5.41) is 0. The van der Waals surface area contributed by atoms with Crippen LogP contribution in [0.5, 0.6) is 11.5 Å². The summed E-state index contributed by atoms with van der Waals surface area (Å²) in [6.45, 7) is 6.26. The second-order valence-electron chi connectivity index (χ2n) is 9.33. The zero-order chi connectivity index (χ0) is 25.7. The first kappa shape index (κ1) is 25.5. The lowest BCUT2D eigenvalue weighted by atomic mass is 9.93. The van der Waals surface area contributed by atoms with E-state index in [4.69, 9.17) is 14.2 Å². The first-order chi connectivity index (χ1) is 17.4. The van der Waals surface area contributed by atoms with Crippen molar-refractivity contribution < 1.29 is 23.4 Å². The Kier molecular flexibility index (Phi) is 8.09. The van der Waals surface area contributed by atoms with Crippen molar-refractivity contribution >= 4 is 5.97 Å². The SMILES string of the molecule is CCOC(=O)C[C@@H](C=C(C)C)c1ccc(OC2CCc3cc(-c4cc(OC)ccc4F)ccc32)cc1. The van der Waals surface area contributed by atoms with Gasteiger partial charge < -0.3 is 14.2 Å². The molecule has 5 heteroatoms. The fourth-order valence-electron chi connectivity index (χ4n) is 4.75. The van der Waals surface area contributed by atoms with Crippen LogP contribution in [0.15, 0.2) is 72.3 Å². The predicted octanol–water partition coefficient (Wildman–Crippen LogP) is 7.57. The molecule has 3 aromatic carbocycles. The number of benzene rings is 3. The number of carbonyl (C=O) groups excluding carboxylic acids is 1. The Labute approximate surface area is 212 Å². The standard InChI is InChI=1S/C31H33FO4/c1-5-35-31(33)18-24(16-20(2)3)21-6-10-25(11-7-21)36-30-15-9-22-17-23(8-13-27(22)30)28-19-26(34-4)12-14-29(28)32/h6-8,10-14,16-17,19,24,30H,5,9,15,18H2,1-4H3/t24-,30?/m1/s1. The van der Waals surface area contributed by atoms with Crippen molar-refractivity contribution in [2.75, 3.05) is 13.7 Å². The van der Waals surface area contributed by atoms with E-state index in [2.05, 4.69) is 12.1 Å². The van der Waals surface area contributed by atoms with Gasteiger partial charge in [-0.3, -0.25) is 4.79 Å². The largest absolute Gasteiger partial charge is 0.497 e. The molecule has 36 heavy (non-hydrogen) atoms. The lowest BCUT2D eigenvalue weighted by molar-refractivity contribution is -0.143. The summed E-state index contributed by atoms with van der Waals surface area (Å²) in [6.07, 6.45) is 4.10. The number of carbonyl (C=O) groups is 1. The van der Waals surface area contributed by atoms with Crippen molar-refractivity contribution in [1.29, 1.82) is 0 Å². The molecule has 0 heterocycles. The van der Waals surface area contributed by atoms with E-state index in [0.29, 0.717) is 24.3 Å². The number of hydrogen-bond donors (Lipinski definition) is 0. The molecule has 0 saturated heterocycles. The van der Waals surface area contributed by atoms with Crippen LogP contribution in [0.2, 0.25) is 0 Å². The molecule has 0 fully saturated rings. The van der Waals surface area contributed by atoms with Crippen molar-refractivity contribution in [3.05, 3.63) is 94.8 Å². The summed E-state index contributed by atoms with van der Waals surface area (Å²) in [5.41, 5.74) is 5.88. The highest BCUT2D eigenvalue weighted by Crippen LogP contribution is 2.38. The van der Waals surface area contributed by atoms with Gasteiger partial charge in [0.1, 0.15) is 23.4 Å². The average Bonchev–Trinajstić information content (AvgIpc) is 3.26.